The summed E-state index contributed by atoms with van der Waals surface area (Å²) in [7, 11) is 0. The second-order valence-corrected chi connectivity index (χ2v) is 13.1. The molecule has 3 aromatic rings. The molecule has 3 aromatic carbocycles. The van der Waals surface area contributed by atoms with Crippen molar-refractivity contribution in [1.82, 2.24) is 15.1 Å². The highest BCUT2D eigenvalue weighted by Crippen LogP contribution is 2.49. The molecule has 238 valence electrons. The molecule has 2 unspecified atom stereocenters. The van der Waals surface area contributed by atoms with E-state index in [1.165, 1.54) is 5.56 Å². The van der Waals surface area contributed by atoms with Crippen LogP contribution in [0.5, 0.6) is 0 Å². The summed E-state index contributed by atoms with van der Waals surface area (Å²) >= 11 is 0. The van der Waals surface area contributed by atoms with Gasteiger partial charge in [0.25, 0.3) is 0 Å². The molecule has 2 saturated heterocycles. The van der Waals surface area contributed by atoms with Gasteiger partial charge in [-0.2, -0.15) is 0 Å². The summed E-state index contributed by atoms with van der Waals surface area (Å²) in [6, 6.07) is 27.6. The molecule has 0 aromatic heterocycles. The van der Waals surface area contributed by atoms with Crippen molar-refractivity contribution in [3.63, 3.8) is 0 Å². The lowest BCUT2D eigenvalue weighted by atomic mass is 9.90. The topological polar surface area (TPSA) is 91.3 Å². The highest BCUT2D eigenvalue weighted by atomic mass is 16.5. The molecule has 8 heteroatoms. The normalized spacial score (nSPS) is 22.8. The average Bonchev–Trinajstić information content (AvgIpc) is 3.74. The number of amides is 3. The summed E-state index contributed by atoms with van der Waals surface area (Å²) in [6.07, 6.45) is 2.23. The number of aliphatic hydroxyl groups is 1. The fraction of sp³-hybridized carbons (Fsp3) is 0.459. The van der Waals surface area contributed by atoms with Crippen LogP contribution in [-0.2, 0) is 33.7 Å². The summed E-state index contributed by atoms with van der Waals surface area (Å²) < 4.78 is 12.4. The molecule has 0 saturated carbocycles. The van der Waals surface area contributed by atoms with Crippen LogP contribution in [0.15, 0.2) is 84.9 Å². The van der Waals surface area contributed by atoms with Crippen LogP contribution in [0.4, 0.5) is 4.79 Å². The summed E-state index contributed by atoms with van der Waals surface area (Å²) in [6.45, 7) is 5.49. The van der Waals surface area contributed by atoms with E-state index in [-0.39, 0.29) is 43.2 Å². The van der Waals surface area contributed by atoms with Gasteiger partial charge in [0, 0.05) is 38.6 Å². The summed E-state index contributed by atoms with van der Waals surface area (Å²) in [4.78, 5) is 31.6. The van der Waals surface area contributed by atoms with E-state index < -0.39 is 17.7 Å². The minimum absolute atomic E-state index is 0.0358. The molecular formula is C37H45N3O5. The fourth-order valence-corrected chi connectivity index (χ4v) is 7.30. The number of fused-ring (bicyclic) bond motifs is 3. The van der Waals surface area contributed by atoms with E-state index in [2.05, 4.69) is 17.4 Å². The number of benzene rings is 3. The van der Waals surface area contributed by atoms with Crippen LogP contribution in [0.25, 0.3) is 0 Å². The van der Waals surface area contributed by atoms with Crippen LogP contribution in [0.3, 0.4) is 0 Å². The van der Waals surface area contributed by atoms with Crippen molar-refractivity contribution >= 4 is 11.9 Å². The third-order valence-electron chi connectivity index (χ3n) is 9.37. The zero-order valence-corrected chi connectivity index (χ0v) is 26.3. The molecule has 45 heavy (non-hydrogen) atoms. The monoisotopic (exact) mass is 611 g/mol. The van der Waals surface area contributed by atoms with Gasteiger partial charge in [0.2, 0.25) is 5.91 Å². The van der Waals surface area contributed by atoms with E-state index in [1.54, 1.807) is 4.90 Å². The van der Waals surface area contributed by atoms with Crippen molar-refractivity contribution < 1.29 is 24.2 Å². The maximum Gasteiger partial charge on any atom is 0.317 e. The molecular weight excluding hydrogens is 566 g/mol. The van der Waals surface area contributed by atoms with E-state index >= 15 is 0 Å². The molecule has 3 amide bonds. The number of nitrogens with zero attached hydrogens (tertiary/aromatic N) is 2. The van der Waals surface area contributed by atoms with Gasteiger partial charge in [-0.3, -0.25) is 4.79 Å². The first-order valence-corrected chi connectivity index (χ1v) is 16.3. The average molecular weight is 612 g/mol. The predicted octanol–water partition coefficient (Wildman–Crippen LogP) is 5.25. The van der Waals surface area contributed by atoms with Crippen molar-refractivity contribution in [3.05, 3.63) is 107 Å². The van der Waals surface area contributed by atoms with Crippen molar-refractivity contribution in [2.45, 2.75) is 82.6 Å². The fourth-order valence-electron chi connectivity index (χ4n) is 7.30. The molecule has 5 atom stereocenters. The Bertz CT molecular complexity index is 1440. The van der Waals surface area contributed by atoms with E-state index in [0.29, 0.717) is 26.1 Å². The molecule has 0 bridgehead atoms. The zero-order chi connectivity index (χ0) is 31.4. The van der Waals surface area contributed by atoms with E-state index in [4.69, 9.17) is 9.47 Å². The van der Waals surface area contributed by atoms with E-state index in [1.807, 2.05) is 91.5 Å². The van der Waals surface area contributed by atoms with Gasteiger partial charge in [0.05, 0.1) is 24.4 Å². The third kappa shape index (κ3) is 7.24. The van der Waals surface area contributed by atoms with Crippen molar-refractivity contribution in [1.29, 1.82) is 0 Å². The summed E-state index contributed by atoms with van der Waals surface area (Å²) in [5.41, 5.74) is 3.59. The molecule has 2 heterocycles. The van der Waals surface area contributed by atoms with Gasteiger partial charge in [-0.25, -0.2) is 4.79 Å². The Morgan fingerprint density at radius 2 is 1.69 bits per heavy atom. The Labute approximate surface area is 266 Å². The Kier molecular flexibility index (Phi) is 9.54. The number of carbonyl (C=O) groups excluding carboxylic acids is 2. The Balaban J connectivity index is 1.21. The Morgan fingerprint density at radius 3 is 2.40 bits per heavy atom. The van der Waals surface area contributed by atoms with Crippen LogP contribution in [0.1, 0.15) is 61.4 Å². The van der Waals surface area contributed by atoms with Gasteiger partial charge in [-0.15, -0.1) is 0 Å². The Morgan fingerprint density at radius 1 is 1.00 bits per heavy atom. The first kappa shape index (κ1) is 31.3. The first-order chi connectivity index (χ1) is 21.8. The largest absolute Gasteiger partial charge is 0.391 e. The van der Waals surface area contributed by atoms with Gasteiger partial charge < -0.3 is 29.7 Å². The zero-order valence-electron chi connectivity index (χ0n) is 26.3. The van der Waals surface area contributed by atoms with Crippen LogP contribution >= 0.6 is 0 Å². The number of rotatable bonds is 11. The minimum atomic E-state index is -0.912. The molecule has 1 aliphatic carbocycles. The van der Waals surface area contributed by atoms with Gasteiger partial charge in [0.15, 0.2) is 0 Å². The number of nitrogens with one attached hydrogen (secondary N) is 1. The van der Waals surface area contributed by atoms with E-state index in [9.17, 15) is 14.7 Å². The maximum atomic E-state index is 14.6. The van der Waals surface area contributed by atoms with Crippen LogP contribution in [0.2, 0.25) is 0 Å². The number of aliphatic hydroxyl groups excluding tert-OH is 1. The molecule has 2 fully saturated rings. The Hall–Kier alpha value is -3.72. The second kappa shape index (κ2) is 13.7. The molecule has 2 N–H and O–H groups in total. The second-order valence-electron chi connectivity index (χ2n) is 13.1. The molecule has 3 aliphatic rings. The lowest BCUT2D eigenvalue weighted by Crippen LogP contribution is -2.50. The van der Waals surface area contributed by atoms with Crippen LogP contribution in [-0.4, -0.2) is 70.6 Å². The highest BCUT2D eigenvalue weighted by molar-refractivity contribution is 5.81. The van der Waals surface area contributed by atoms with Gasteiger partial charge in [0.1, 0.15) is 5.72 Å². The minimum Gasteiger partial charge on any atom is -0.391 e. The number of urea groups is 1. The van der Waals surface area contributed by atoms with Crippen molar-refractivity contribution in [2.75, 3.05) is 19.7 Å². The predicted molar refractivity (Wildman–Crippen MR) is 172 cm³/mol. The number of hydrogen-bond acceptors (Lipinski definition) is 5. The first-order valence-electron chi connectivity index (χ1n) is 16.3. The molecule has 0 spiro atoms. The summed E-state index contributed by atoms with van der Waals surface area (Å²) in [5.74, 6) is -0.542. The van der Waals surface area contributed by atoms with Crippen LogP contribution < -0.4 is 5.32 Å². The number of carbonyl (C=O) groups is 2. The third-order valence-corrected chi connectivity index (χ3v) is 9.37. The standard InChI is InChI=1S/C37H45N3O5/c1-37(2)40(34-32-18-10-9-16-28(32)22-33(34)45-37)35(42)29(20-26-12-5-3-6-13-26)21-30(41)24-39(25-31-17-11-19-44-31)36(43)38-23-27-14-7-4-8-15-27/h3-10,12-16,18,29-31,33-34,41H,11,17,19-25H2,1-2H3,(H,38,43)/t29-,30+,31?,33-,34?/m1/s1. The quantitative estimate of drug-likeness (QED) is 0.309. The molecule has 6 rings (SSSR count). The molecule has 0 radical (unpaired) electrons. The van der Waals surface area contributed by atoms with E-state index in [0.717, 1.165) is 36.0 Å². The lowest BCUT2D eigenvalue weighted by Gasteiger charge is -2.37. The SMILES string of the molecule is CC1(C)O[C@@H]2Cc3ccccc3C2N1C(=O)[C@H](Cc1ccccc1)C[C@H](O)CN(CC1CCCO1)C(=O)NCc1ccccc1. The highest BCUT2D eigenvalue weighted by Gasteiger charge is 2.54. The van der Waals surface area contributed by atoms with Gasteiger partial charge in [-0.1, -0.05) is 84.9 Å². The number of ether oxygens (including phenoxy) is 2. The maximum absolute atomic E-state index is 14.6. The number of hydrogen-bond donors (Lipinski definition) is 2. The van der Waals surface area contributed by atoms with Gasteiger partial charge in [-0.05, 0) is 61.8 Å². The molecule has 8 nitrogen and oxygen atoms in total. The summed E-state index contributed by atoms with van der Waals surface area (Å²) in [5, 5.41) is 14.6. The smallest absolute Gasteiger partial charge is 0.317 e. The lowest BCUT2D eigenvalue weighted by molar-refractivity contribution is -0.153. The van der Waals surface area contributed by atoms with Crippen molar-refractivity contribution in [3.8, 4) is 0 Å². The van der Waals surface area contributed by atoms with Gasteiger partial charge >= 0.3 is 6.03 Å². The van der Waals surface area contributed by atoms with Crippen LogP contribution in [0, 0.1) is 5.92 Å². The molecule has 2 aliphatic heterocycles. The van der Waals surface area contributed by atoms with Crippen molar-refractivity contribution in [2.24, 2.45) is 5.92 Å².